The average Bonchev–Trinajstić information content (AvgIpc) is 2.54. The van der Waals surface area contributed by atoms with Crippen LogP contribution >= 0.6 is 0 Å². The maximum atomic E-state index is 12.7. The molecule has 0 fully saturated rings. The first kappa shape index (κ1) is 15.9. The number of hydrogen-bond acceptors (Lipinski definition) is 4. The monoisotopic (exact) mass is 300 g/mol. The minimum Gasteiger partial charge on any atom is -0.469 e. The topological polar surface area (TPSA) is 61.2 Å². The number of aromatic nitrogens is 2. The van der Waals surface area contributed by atoms with Gasteiger partial charge < -0.3 is 4.74 Å². The Bertz CT molecular complexity index is 708. The highest BCUT2D eigenvalue weighted by atomic mass is 16.5. The van der Waals surface area contributed by atoms with Gasteiger partial charge in [0.15, 0.2) is 0 Å². The molecule has 0 spiro atoms. The molecule has 1 heterocycles. The molecule has 116 valence electrons. The van der Waals surface area contributed by atoms with Crippen molar-refractivity contribution in [2.45, 2.75) is 32.7 Å². The lowest BCUT2D eigenvalue weighted by molar-refractivity contribution is -0.142. The van der Waals surface area contributed by atoms with Crippen LogP contribution in [0.2, 0.25) is 0 Å². The predicted octanol–water partition coefficient (Wildman–Crippen LogP) is 2.27. The second kappa shape index (κ2) is 7.02. The number of benzene rings is 1. The van der Waals surface area contributed by atoms with Crippen molar-refractivity contribution in [3.05, 3.63) is 63.6 Å². The first-order chi connectivity index (χ1) is 10.6. The number of aryl methyl sites for hydroxylation is 1. The predicted molar refractivity (Wildman–Crippen MR) is 83.8 cm³/mol. The Morgan fingerprint density at radius 2 is 2.00 bits per heavy atom. The van der Waals surface area contributed by atoms with E-state index in [1.165, 1.54) is 11.8 Å². The van der Waals surface area contributed by atoms with Gasteiger partial charge in [0, 0.05) is 5.56 Å². The molecule has 5 nitrogen and oxygen atoms in total. The lowest BCUT2D eigenvalue weighted by atomic mass is 9.95. The number of rotatable bonds is 5. The lowest BCUT2D eigenvalue weighted by Gasteiger charge is -2.16. The van der Waals surface area contributed by atoms with Crippen LogP contribution in [-0.4, -0.2) is 22.9 Å². The molecule has 1 unspecified atom stereocenters. The van der Waals surface area contributed by atoms with Crippen LogP contribution in [0.1, 0.15) is 36.0 Å². The fraction of sp³-hybridized carbons (Fsp3) is 0.353. The van der Waals surface area contributed by atoms with E-state index in [0.717, 1.165) is 5.56 Å². The Labute approximate surface area is 129 Å². The average molecular weight is 300 g/mol. The lowest BCUT2D eigenvalue weighted by Crippen LogP contribution is -2.31. The number of methoxy groups -OCH3 is 1. The largest absolute Gasteiger partial charge is 0.469 e. The molecule has 0 saturated heterocycles. The fourth-order valence-corrected chi connectivity index (χ4v) is 2.51. The number of ether oxygens (including phenoxy) is 1. The molecule has 0 amide bonds. The minimum absolute atomic E-state index is 0.235. The van der Waals surface area contributed by atoms with Crippen molar-refractivity contribution in [3.63, 3.8) is 0 Å². The Morgan fingerprint density at radius 3 is 2.59 bits per heavy atom. The maximum absolute atomic E-state index is 12.7. The van der Waals surface area contributed by atoms with Crippen LogP contribution in [0.4, 0.5) is 0 Å². The SMILES string of the molecule is CCC(C(=O)OC)c1c(C)cnn(Cc2ccccc2)c1=O. The molecule has 2 aromatic rings. The third-order valence-electron chi connectivity index (χ3n) is 3.70. The summed E-state index contributed by atoms with van der Waals surface area (Å²) in [7, 11) is 1.34. The first-order valence-electron chi connectivity index (χ1n) is 7.26. The molecule has 1 aromatic heterocycles. The van der Waals surface area contributed by atoms with Crippen LogP contribution in [0.5, 0.6) is 0 Å². The van der Waals surface area contributed by atoms with Gasteiger partial charge in [0.25, 0.3) is 5.56 Å². The van der Waals surface area contributed by atoms with Gasteiger partial charge in [-0.1, -0.05) is 37.3 Å². The summed E-state index contributed by atoms with van der Waals surface area (Å²) in [4.78, 5) is 24.6. The number of hydrogen-bond donors (Lipinski definition) is 0. The normalized spacial score (nSPS) is 12.0. The van der Waals surface area contributed by atoms with E-state index in [1.54, 1.807) is 13.1 Å². The minimum atomic E-state index is -0.553. The zero-order chi connectivity index (χ0) is 16.1. The zero-order valence-electron chi connectivity index (χ0n) is 13.1. The van der Waals surface area contributed by atoms with Crippen molar-refractivity contribution in [1.29, 1.82) is 0 Å². The Balaban J connectivity index is 2.45. The van der Waals surface area contributed by atoms with Gasteiger partial charge in [0.1, 0.15) is 0 Å². The van der Waals surface area contributed by atoms with E-state index in [9.17, 15) is 9.59 Å². The molecule has 22 heavy (non-hydrogen) atoms. The fourth-order valence-electron chi connectivity index (χ4n) is 2.51. The van der Waals surface area contributed by atoms with Gasteiger partial charge in [-0.2, -0.15) is 5.10 Å². The van der Waals surface area contributed by atoms with E-state index in [2.05, 4.69) is 5.10 Å². The van der Waals surface area contributed by atoms with Gasteiger partial charge in [-0.15, -0.1) is 0 Å². The summed E-state index contributed by atoms with van der Waals surface area (Å²) >= 11 is 0. The molecule has 2 rings (SSSR count). The summed E-state index contributed by atoms with van der Waals surface area (Å²) in [6, 6.07) is 9.62. The van der Waals surface area contributed by atoms with Gasteiger partial charge in [0.2, 0.25) is 0 Å². The van der Waals surface area contributed by atoms with Crippen molar-refractivity contribution in [3.8, 4) is 0 Å². The van der Waals surface area contributed by atoms with Crippen LogP contribution in [0, 0.1) is 6.92 Å². The molecular weight excluding hydrogens is 280 g/mol. The number of carbonyl (C=O) groups excluding carboxylic acids is 1. The van der Waals surface area contributed by atoms with Gasteiger partial charge in [-0.25, -0.2) is 4.68 Å². The third-order valence-corrected chi connectivity index (χ3v) is 3.70. The van der Waals surface area contributed by atoms with Crippen LogP contribution in [0.25, 0.3) is 0 Å². The summed E-state index contributed by atoms with van der Waals surface area (Å²) in [5.74, 6) is -0.942. The Kier molecular flexibility index (Phi) is 5.09. The summed E-state index contributed by atoms with van der Waals surface area (Å²) in [5.41, 5.74) is 1.94. The summed E-state index contributed by atoms with van der Waals surface area (Å²) < 4.78 is 6.21. The highest BCUT2D eigenvalue weighted by Gasteiger charge is 2.25. The molecule has 0 bridgehead atoms. The summed E-state index contributed by atoms with van der Waals surface area (Å²) in [5, 5.41) is 4.19. The van der Waals surface area contributed by atoms with E-state index in [1.807, 2.05) is 37.3 Å². The smallest absolute Gasteiger partial charge is 0.313 e. The number of esters is 1. The van der Waals surface area contributed by atoms with Crippen molar-refractivity contribution >= 4 is 5.97 Å². The number of nitrogens with zero attached hydrogens (tertiary/aromatic N) is 2. The van der Waals surface area contributed by atoms with Gasteiger partial charge in [-0.05, 0) is 24.5 Å². The molecule has 0 aliphatic rings. The van der Waals surface area contributed by atoms with Crippen molar-refractivity contribution in [2.24, 2.45) is 0 Å². The quantitative estimate of drug-likeness (QED) is 0.795. The molecule has 5 heteroatoms. The molecule has 0 N–H and O–H groups in total. The van der Waals surface area contributed by atoms with Crippen LogP contribution in [-0.2, 0) is 16.1 Å². The van der Waals surface area contributed by atoms with E-state index in [4.69, 9.17) is 4.74 Å². The number of carbonyl (C=O) groups is 1. The second-order valence-electron chi connectivity index (χ2n) is 5.17. The molecule has 0 saturated carbocycles. The van der Waals surface area contributed by atoms with Gasteiger partial charge in [0.05, 0.1) is 25.8 Å². The van der Waals surface area contributed by atoms with E-state index in [0.29, 0.717) is 24.1 Å². The van der Waals surface area contributed by atoms with Crippen molar-refractivity contribution in [2.75, 3.05) is 7.11 Å². The van der Waals surface area contributed by atoms with Crippen molar-refractivity contribution in [1.82, 2.24) is 9.78 Å². The Hall–Kier alpha value is -2.43. The van der Waals surface area contributed by atoms with Gasteiger partial charge in [-0.3, -0.25) is 9.59 Å². The summed E-state index contributed by atoms with van der Waals surface area (Å²) in [6.07, 6.45) is 2.14. The molecular formula is C17H20N2O3. The molecule has 0 aliphatic carbocycles. The summed E-state index contributed by atoms with van der Waals surface area (Å²) in [6.45, 7) is 4.04. The Morgan fingerprint density at radius 1 is 1.32 bits per heavy atom. The second-order valence-corrected chi connectivity index (χ2v) is 5.17. The molecule has 0 radical (unpaired) electrons. The third kappa shape index (κ3) is 3.24. The van der Waals surface area contributed by atoms with Gasteiger partial charge >= 0.3 is 5.97 Å². The van der Waals surface area contributed by atoms with Crippen molar-refractivity contribution < 1.29 is 9.53 Å². The standard InChI is InChI=1S/C17H20N2O3/c1-4-14(17(21)22-3)15-12(2)10-18-19(16(15)20)11-13-8-6-5-7-9-13/h5-10,14H,4,11H2,1-3H3. The van der Waals surface area contributed by atoms with E-state index >= 15 is 0 Å². The van der Waals surface area contributed by atoms with Crippen LogP contribution < -0.4 is 5.56 Å². The molecule has 0 aliphatic heterocycles. The molecule has 1 atom stereocenters. The highest BCUT2D eigenvalue weighted by molar-refractivity contribution is 5.78. The highest BCUT2D eigenvalue weighted by Crippen LogP contribution is 2.20. The van der Waals surface area contributed by atoms with E-state index in [-0.39, 0.29) is 11.5 Å². The maximum Gasteiger partial charge on any atom is 0.313 e. The van der Waals surface area contributed by atoms with Crippen LogP contribution in [0.15, 0.2) is 41.3 Å². The molecule has 1 aromatic carbocycles. The first-order valence-corrected chi connectivity index (χ1v) is 7.26. The zero-order valence-corrected chi connectivity index (χ0v) is 13.1. The van der Waals surface area contributed by atoms with Crippen LogP contribution in [0.3, 0.4) is 0 Å². The van der Waals surface area contributed by atoms with E-state index < -0.39 is 5.92 Å².